The lowest BCUT2D eigenvalue weighted by atomic mass is 10.2. The predicted octanol–water partition coefficient (Wildman–Crippen LogP) is 3.59. The summed E-state index contributed by atoms with van der Waals surface area (Å²) in [6.07, 6.45) is -4.80. The molecule has 23 heavy (non-hydrogen) atoms. The van der Waals surface area contributed by atoms with Crippen LogP contribution >= 0.6 is 0 Å². The molecule has 2 aromatic rings. The highest BCUT2D eigenvalue weighted by Gasteiger charge is 2.35. The third-order valence-corrected chi connectivity index (χ3v) is 4.73. The number of benzene rings is 2. The molecule has 0 amide bonds. The number of halogens is 3. The molecule has 2 rings (SSSR count). The Hall–Kier alpha value is -2.42. The molecule has 2 aromatic carbocycles. The molecule has 0 atom stereocenters. The van der Waals surface area contributed by atoms with E-state index in [4.69, 9.17) is 0 Å². The first-order valence-electron chi connectivity index (χ1n) is 6.23. The summed E-state index contributed by atoms with van der Waals surface area (Å²) < 4.78 is 62.9. The average molecular weight is 345 g/mol. The standard InChI is InChI=1S/C14H10F3NO4S/c15-14(16,17)11-6-7-12(18(19)20)13(8-11)23(21,22)9-10-4-2-1-3-5-10/h1-8H,9H2. The molecule has 0 saturated heterocycles. The van der Waals surface area contributed by atoms with Crippen LogP contribution in [-0.4, -0.2) is 13.3 Å². The van der Waals surface area contributed by atoms with Gasteiger partial charge in [-0.3, -0.25) is 10.1 Å². The minimum Gasteiger partial charge on any atom is -0.258 e. The summed E-state index contributed by atoms with van der Waals surface area (Å²) in [6.45, 7) is 0. The van der Waals surface area contributed by atoms with Crippen LogP contribution in [-0.2, 0) is 21.8 Å². The smallest absolute Gasteiger partial charge is 0.258 e. The molecule has 9 heteroatoms. The Labute approximate surface area is 129 Å². The van der Waals surface area contributed by atoms with Gasteiger partial charge >= 0.3 is 6.18 Å². The van der Waals surface area contributed by atoms with Crippen LogP contribution in [0.3, 0.4) is 0 Å². The number of nitrogens with zero attached hydrogens (tertiary/aromatic N) is 1. The lowest BCUT2D eigenvalue weighted by Crippen LogP contribution is -2.11. The highest BCUT2D eigenvalue weighted by molar-refractivity contribution is 7.90. The summed E-state index contributed by atoms with van der Waals surface area (Å²) in [5.41, 5.74) is -1.82. The van der Waals surface area contributed by atoms with Crippen molar-refractivity contribution in [2.45, 2.75) is 16.8 Å². The van der Waals surface area contributed by atoms with Crippen LogP contribution in [0.2, 0.25) is 0 Å². The third-order valence-electron chi connectivity index (χ3n) is 3.02. The zero-order valence-electron chi connectivity index (χ0n) is 11.4. The van der Waals surface area contributed by atoms with Crippen LogP contribution in [0.1, 0.15) is 11.1 Å². The van der Waals surface area contributed by atoms with Gasteiger partial charge in [-0.1, -0.05) is 30.3 Å². The van der Waals surface area contributed by atoms with Crippen LogP contribution in [0.15, 0.2) is 53.4 Å². The van der Waals surface area contributed by atoms with Crippen molar-refractivity contribution in [1.82, 2.24) is 0 Å². The minimum absolute atomic E-state index is 0.302. The van der Waals surface area contributed by atoms with Crippen molar-refractivity contribution in [3.63, 3.8) is 0 Å². The summed E-state index contributed by atoms with van der Waals surface area (Å²) >= 11 is 0. The van der Waals surface area contributed by atoms with Gasteiger partial charge in [-0.25, -0.2) is 8.42 Å². The van der Waals surface area contributed by atoms with Crippen molar-refractivity contribution in [3.8, 4) is 0 Å². The van der Waals surface area contributed by atoms with E-state index < -0.39 is 42.8 Å². The number of nitro groups is 1. The van der Waals surface area contributed by atoms with Crippen LogP contribution in [0.5, 0.6) is 0 Å². The van der Waals surface area contributed by atoms with Gasteiger partial charge in [0, 0.05) is 6.07 Å². The van der Waals surface area contributed by atoms with Gasteiger partial charge in [0.2, 0.25) is 0 Å². The minimum atomic E-state index is -4.80. The quantitative estimate of drug-likeness (QED) is 0.627. The number of sulfone groups is 1. The molecule has 122 valence electrons. The molecule has 0 aliphatic carbocycles. The summed E-state index contributed by atoms with van der Waals surface area (Å²) in [6, 6.07) is 9.05. The molecule has 0 saturated carbocycles. The highest BCUT2D eigenvalue weighted by atomic mass is 32.2. The van der Waals surface area contributed by atoms with Gasteiger partial charge in [0.25, 0.3) is 5.69 Å². The van der Waals surface area contributed by atoms with E-state index in [0.717, 1.165) is 0 Å². The van der Waals surface area contributed by atoms with Gasteiger partial charge in [-0.15, -0.1) is 0 Å². The molecule has 0 heterocycles. The SMILES string of the molecule is O=[N+]([O-])c1ccc(C(F)(F)F)cc1S(=O)(=O)Cc1ccccc1. The van der Waals surface area contributed by atoms with E-state index >= 15 is 0 Å². The average Bonchev–Trinajstić information content (AvgIpc) is 2.46. The second-order valence-electron chi connectivity index (χ2n) is 4.68. The monoisotopic (exact) mass is 345 g/mol. The molecule has 0 aromatic heterocycles. The first kappa shape index (κ1) is 16.9. The van der Waals surface area contributed by atoms with E-state index in [1.54, 1.807) is 18.2 Å². The van der Waals surface area contributed by atoms with Gasteiger partial charge in [0.15, 0.2) is 9.84 Å². The Morgan fingerprint density at radius 2 is 1.65 bits per heavy atom. The number of hydrogen-bond donors (Lipinski definition) is 0. The number of hydrogen-bond acceptors (Lipinski definition) is 4. The first-order valence-corrected chi connectivity index (χ1v) is 7.89. The maximum absolute atomic E-state index is 12.8. The Morgan fingerprint density at radius 3 is 2.17 bits per heavy atom. The molecule has 0 bridgehead atoms. The maximum Gasteiger partial charge on any atom is 0.416 e. The summed E-state index contributed by atoms with van der Waals surface area (Å²) in [4.78, 5) is 8.98. The molecule has 0 unspecified atom stereocenters. The van der Waals surface area contributed by atoms with E-state index in [9.17, 15) is 31.7 Å². The molecule has 0 aliphatic heterocycles. The molecule has 0 fully saturated rings. The maximum atomic E-state index is 12.8. The van der Waals surface area contributed by atoms with Crippen molar-refractivity contribution >= 4 is 15.5 Å². The zero-order valence-corrected chi connectivity index (χ0v) is 12.3. The summed E-state index contributed by atoms with van der Waals surface area (Å²) in [5.74, 6) is -0.629. The molecule has 0 spiro atoms. The topological polar surface area (TPSA) is 77.3 Å². The van der Waals surface area contributed by atoms with Gasteiger partial charge in [0.1, 0.15) is 4.90 Å². The van der Waals surface area contributed by atoms with Crippen molar-refractivity contribution < 1.29 is 26.5 Å². The van der Waals surface area contributed by atoms with Gasteiger partial charge in [-0.05, 0) is 17.7 Å². The summed E-state index contributed by atoms with van der Waals surface area (Å²) in [7, 11) is -4.31. The number of nitro benzene ring substituents is 1. The van der Waals surface area contributed by atoms with Gasteiger partial charge < -0.3 is 0 Å². The normalized spacial score (nSPS) is 12.1. The Kier molecular flexibility index (Phi) is 4.42. The van der Waals surface area contributed by atoms with E-state index in [1.165, 1.54) is 12.1 Å². The molecular formula is C14H10F3NO4S. The molecule has 0 N–H and O–H groups in total. The van der Waals surface area contributed by atoms with Gasteiger partial charge in [0.05, 0.1) is 16.2 Å². The molecular weight excluding hydrogens is 335 g/mol. The fraction of sp³-hybridized carbons (Fsp3) is 0.143. The van der Waals surface area contributed by atoms with Crippen LogP contribution in [0, 0.1) is 10.1 Å². The first-order chi connectivity index (χ1) is 10.6. The van der Waals surface area contributed by atoms with E-state index in [2.05, 4.69) is 0 Å². The van der Waals surface area contributed by atoms with Crippen LogP contribution in [0.25, 0.3) is 0 Å². The third kappa shape index (κ3) is 3.86. The van der Waals surface area contributed by atoms with Gasteiger partial charge in [-0.2, -0.15) is 13.2 Å². The van der Waals surface area contributed by atoms with Crippen molar-refractivity contribution in [1.29, 1.82) is 0 Å². The Balaban J connectivity index is 2.57. The second-order valence-corrected chi connectivity index (χ2v) is 6.64. The largest absolute Gasteiger partial charge is 0.416 e. The number of alkyl halides is 3. The van der Waals surface area contributed by atoms with Crippen molar-refractivity contribution in [2.75, 3.05) is 0 Å². The van der Waals surface area contributed by atoms with E-state index in [-0.39, 0.29) is 0 Å². The molecule has 0 aliphatic rings. The lowest BCUT2D eigenvalue weighted by Gasteiger charge is -2.10. The van der Waals surface area contributed by atoms with E-state index in [1.807, 2.05) is 0 Å². The highest BCUT2D eigenvalue weighted by Crippen LogP contribution is 2.35. The van der Waals surface area contributed by atoms with Crippen LogP contribution < -0.4 is 0 Å². The summed E-state index contributed by atoms with van der Waals surface area (Å²) in [5, 5.41) is 10.9. The zero-order chi connectivity index (χ0) is 17.3. The number of rotatable bonds is 4. The molecule has 5 nitrogen and oxygen atoms in total. The van der Waals surface area contributed by atoms with E-state index in [0.29, 0.717) is 23.8 Å². The van der Waals surface area contributed by atoms with Crippen molar-refractivity contribution in [2.24, 2.45) is 0 Å². The predicted molar refractivity (Wildman–Crippen MR) is 75.4 cm³/mol. The lowest BCUT2D eigenvalue weighted by molar-refractivity contribution is -0.387. The second kappa shape index (κ2) is 5.99. The fourth-order valence-corrected chi connectivity index (χ4v) is 3.52. The van der Waals surface area contributed by atoms with Crippen LogP contribution in [0.4, 0.5) is 18.9 Å². The molecule has 0 radical (unpaired) electrons. The fourth-order valence-electron chi connectivity index (χ4n) is 1.96. The Bertz CT molecular complexity index is 833. The van der Waals surface area contributed by atoms with Crippen molar-refractivity contribution in [3.05, 3.63) is 69.8 Å². The Morgan fingerprint density at radius 1 is 1.04 bits per heavy atom.